The molecule has 9 heteroatoms. The van der Waals surface area contributed by atoms with Gasteiger partial charge in [-0.1, -0.05) is 49.7 Å². The van der Waals surface area contributed by atoms with Crippen LogP contribution in [0.15, 0.2) is 53.5 Å². The Labute approximate surface area is 214 Å². The van der Waals surface area contributed by atoms with Gasteiger partial charge in [0.15, 0.2) is 5.84 Å². The molecule has 0 radical (unpaired) electrons. The summed E-state index contributed by atoms with van der Waals surface area (Å²) in [5.74, 6) is 6.57. The summed E-state index contributed by atoms with van der Waals surface area (Å²) in [7, 11) is 3.28. The molecular formula is C27H40N6O3. The maximum atomic E-state index is 12.7. The van der Waals surface area contributed by atoms with E-state index in [4.69, 9.17) is 20.7 Å². The molecule has 0 aliphatic carbocycles. The molecule has 0 bridgehead atoms. The van der Waals surface area contributed by atoms with Crippen molar-refractivity contribution in [2.75, 3.05) is 39.2 Å². The fourth-order valence-corrected chi connectivity index (χ4v) is 3.86. The molecule has 4 N–H and O–H groups in total. The van der Waals surface area contributed by atoms with Crippen molar-refractivity contribution in [2.45, 2.75) is 45.6 Å². The van der Waals surface area contributed by atoms with Gasteiger partial charge in [-0.15, -0.1) is 0 Å². The number of likely N-dealkylation sites (N-methyl/N-ethyl adjacent to an activating group) is 1. The Morgan fingerprint density at radius 1 is 1.19 bits per heavy atom. The van der Waals surface area contributed by atoms with Crippen molar-refractivity contribution >= 4 is 23.3 Å². The summed E-state index contributed by atoms with van der Waals surface area (Å²) in [5, 5.41) is 12.5. The number of benzene rings is 1. The van der Waals surface area contributed by atoms with E-state index in [-0.39, 0.29) is 23.8 Å². The molecule has 1 amide bonds. The highest BCUT2D eigenvalue weighted by Crippen LogP contribution is 2.19. The Balaban J connectivity index is 1.99. The molecule has 196 valence electrons. The number of nitrogens with one attached hydrogen (secondary N) is 2. The third-order valence-corrected chi connectivity index (χ3v) is 5.74. The van der Waals surface area contributed by atoms with E-state index in [1.54, 1.807) is 20.2 Å². The normalized spacial score (nSPS) is 13.2. The van der Waals surface area contributed by atoms with E-state index < -0.39 is 0 Å². The number of hydrogen-bond acceptors (Lipinski definition) is 7. The van der Waals surface area contributed by atoms with Gasteiger partial charge in [-0.3, -0.25) is 20.2 Å². The monoisotopic (exact) mass is 496 g/mol. The van der Waals surface area contributed by atoms with Crippen LogP contribution in [0.2, 0.25) is 0 Å². The van der Waals surface area contributed by atoms with Crippen LogP contribution in [0.5, 0.6) is 0 Å². The topological polar surface area (TPSA) is 126 Å². The molecule has 0 saturated carbocycles. The number of carbonyl (C=O) groups is 1. The van der Waals surface area contributed by atoms with Gasteiger partial charge < -0.3 is 14.8 Å². The highest BCUT2D eigenvalue weighted by Gasteiger charge is 2.19. The number of methoxy groups -OCH3 is 1. The minimum absolute atomic E-state index is 0.0129. The standard InChI is InChI=1S/C27H40N6O3/c1-5-20(17-23(19-35-4)36-6-2)18-25(34)32-24-14-10-13-22(31-24)15-16-30-26(27(28)33(3)29)21-11-8-7-9-12-21/h7-14,20,23,28H,5-6,15-19,29H2,1-4H3,(H,31,32,34). The highest BCUT2D eigenvalue weighted by atomic mass is 16.5. The second-order valence-electron chi connectivity index (χ2n) is 8.61. The van der Waals surface area contributed by atoms with Crippen LogP contribution in [0.4, 0.5) is 5.82 Å². The molecule has 9 nitrogen and oxygen atoms in total. The average molecular weight is 497 g/mol. The molecule has 2 unspecified atom stereocenters. The van der Waals surface area contributed by atoms with Gasteiger partial charge in [0, 0.05) is 51.4 Å². The summed E-state index contributed by atoms with van der Waals surface area (Å²) in [6.45, 7) is 5.61. The molecule has 2 aromatic rings. The number of pyridine rings is 1. The van der Waals surface area contributed by atoms with Gasteiger partial charge in [-0.25, -0.2) is 10.8 Å². The van der Waals surface area contributed by atoms with Crippen molar-refractivity contribution in [2.24, 2.45) is 16.8 Å². The molecule has 1 heterocycles. The minimum Gasteiger partial charge on any atom is -0.382 e. The predicted octanol–water partition coefficient (Wildman–Crippen LogP) is 3.69. The van der Waals surface area contributed by atoms with Crippen LogP contribution in [0, 0.1) is 11.3 Å². The Hall–Kier alpha value is -3.14. The maximum absolute atomic E-state index is 12.7. The van der Waals surface area contributed by atoms with E-state index in [9.17, 15) is 4.79 Å². The van der Waals surface area contributed by atoms with Gasteiger partial charge in [-0.2, -0.15) is 0 Å². The summed E-state index contributed by atoms with van der Waals surface area (Å²) in [5.41, 5.74) is 2.16. The van der Waals surface area contributed by atoms with Gasteiger partial charge >= 0.3 is 0 Å². The van der Waals surface area contributed by atoms with E-state index >= 15 is 0 Å². The van der Waals surface area contributed by atoms with E-state index in [1.165, 1.54) is 5.01 Å². The molecule has 36 heavy (non-hydrogen) atoms. The molecule has 0 spiro atoms. The van der Waals surface area contributed by atoms with Crippen LogP contribution in [-0.2, 0) is 20.7 Å². The van der Waals surface area contributed by atoms with Crippen LogP contribution < -0.4 is 11.2 Å². The van der Waals surface area contributed by atoms with Gasteiger partial charge in [0.05, 0.1) is 12.7 Å². The summed E-state index contributed by atoms with van der Waals surface area (Å²) in [6, 6.07) is 15.1. The highest BCUT2D eigenvalue weighted by molar-refractivity contribution is 6.46. The van der Waals surface area contributed by atoms with Crippen molar-refractivity contribution < 1.29 is 14.3 Å². The number of hydrogen-bond donors (Lipinski definition) is 3. The van der Waals surface area contributed by atoms with E-state index in [1.807, 2.05) is 49.4 Å². The fourth-order valence-electron chi connectivity index (χ4n) is 3.86. The number of aromatic nitrogens is 1. The summed E-state index contributed by atoms with van der Waals surface area (Å²) >= 11 is 0. The number of nitrogens with two attached hydrogens (primary N) is 1. The second kappa shape index (κ2) is 15.8. The van der Waals surface area contributed by atoms with Crippen molar-refractivity contribution in [3.8, 4) is 0 Å². The van der Waals surface area contributed by atoms with Crippen molar-refractivity contribution in [1.29, 1.82) is 5.41 Å². The van der Waals surface area contributed by atoms with E-state index in [2.05, 4.69) is 22.2 Å². The van der Waals surface area contributed by atoms with Crippen LogP contribution in [0.3, 0.4) is 0 Å². The molecule has 0 fully saturated rings. The van der Waals surface area contributed by atoms with Gasteiger partial charge in [0.1, 0.15) is 11.5 Å². The maximum Gasteiger partial charge on any atom is 0.225 e. The van der Waals surface area contributed by atoms with E-state index in [0.29, 0.717) is 44.1 Å². The Morgan fingerprint density at radius 3 is 2.58 bits per heavy atom. The summed E-state index contributed by atoms with van der Waals surface area (Å²) in [4.78, 5) is 21.9. The summed E-state index contributed by atoms with van der Waals surface area (Å²) < 4.78 is 11.0. The average Bonchev–Trinajstić information content (AvgIpc) is 2.86. The van der Waals surface area contributed by atoms with Crippen LogP contribution in [0.25, 0.3) is 0 Å². The quantitative estimate of drug-likeness (QED) is 0.149. The van der Waals surface area contributed by atoms with E-state index in [0.717, 1.165) is 24.1 Å². The van der Waals surface area contributed by atoms with Crippen LogP contribution >= 0.6 is 0 Å². The van der Waals surface area contributed by atoms with Crippen molar-refractivity contribution in [3.63, 3.8) is 0 Å². The lowest BCUT2D eigenvalue weighted by Gasteiger charge is -2.22. The Bertz CT molecular complexity index is 974. The number of carbonyl (C=O) groups excluding carboxylic acids is 1. The van der Waals surface area contributed by atoms with Crippen molar-refractivity contribution in [3.05, 3.63) is 59.8 Å². The number of amides is 1. The van der Waals surface area contributed by atoms with Gasteiger partial charge in [0.25, 0.3) is 0 Å². The zero-order chi connectivity index (χ0) is 26.3. The Morgan fingerprint density at radius 2 is 1.94 bits per heavy atom. The number of rotatable bonds is 15. The molecule has 0 aliphatic heterocycles. The number of amidine groups is 1. The first-order valence-electron chi connectivity index (χ1n) is 12.4. The van der Waals surface area contributed by atoms with Gasteiger partial charge in [-0.05, 0) is 31.4 Å². The fraction of sp³-hybridized carbons (Fsp3) is 0.481. The summed E-state index contributed by atoms with van der Waals surface area (Å²) in [6.07, 6.45) is 2.60. The number of hydrazine groups is 1. The lowest BCUT2D eigenvalue weighted by atomic mass is 9.95. The molecule has 0 aliphatic rings. The first kappa shape index (κ1) is 29.1. The third-order valence-electron chi connectivity index (χ3n) is 5.74. The SMILES string of the molecule is CCOC(COC)CC(CC)CC(=O)Nc1cccc(CCN=C(C(=N)N(C)N)c2ccccc2)n1. The first-order chi connectivity index (χ1) is 17.4. The molecular weight excluding hydrogens is 456 g/mol. The first-order valence-corrected chi connectivity index (χ1v) is 12.4. The van der Waals surface area contributed by atoms with Crippen LogP contribution in [-0.4, -0.2) is 67.5 Å². The molecule has 0 saturated heterocycles. The van der Waals surface area contributed by atoms with Crippen LogP contribution in [0.1, 0.15) is 44.4 Å². The smallest absolute Gasteiger partial charge is 0.225 e. The second-order valence-corrected chi connectivity index (χ2v) is 8.61. The number of nitrogens with zero attached hydrogens (tertiary/aromatic N) is 3. The molecule has 2 rings (SSSR count). The lowest BCUT2D eigenvalue weighted by Crippen LogP contribution is -2.38. The largest absolute Gasteiger partial charge is 0.382 e. The minimum atomic E-state index is -0.0667. The number of ether oxygens (including phenoxy) is 2. The number of aliphatic imine (C=N–C) groups is 1. The third kappa shape index (κ3) is 9.85. The molecule has 1 aromatic carbocycles. The predicted molar refractivity (Wildman–Crippen MR) is 144 cm³/mol. The molecule has 2 atom stereocenters. The molecule has 1 aromatic heterocycles. The zero-order valence-electron chi connectivity index (χ0n) is 21.9. The zero-order valence-corrected chi connectivity index (χ0v) is 21.9. The number of anilines is 1. The van der Waals surface area contributed by atoms with Crippen molar-refractivity contribution in [1.82, 2.24) is 9.99 Å². The lowest BCUT2D eigenvalue weighted by molar-refractivity contribution is -0.117. The Kier molecular flexibility index (Phi) is 12.7. The van der Waals surface area contributed by atoms with Gasteiger partial charge in [0.2, 0.25) is 5.91 Å².